The highest BCUT2D eigenvalue weighted by Crippen LogP contribution is 2.27. The highest BCUT2D eigenvalue weighted by Gasteiger charge is 2.13. The molecule has 2 N–H and O–H groups in total. The van der Waals surface area contributed by atoms with Crippen molar-refractivity contribution in [3.63, 3.8) is 0 Å². The Morgan fingerprint density at radius 2 is 2.62 bits per heavy atom. The van der Waals surface area contributed by atoms with Crippen LogP contribution in [0.1, 0.15) is 12.8 Å². The molecule has 1 unspecified atom stereocenters. The molecule has 1 atom stereocenters. The molecule has 2 heterocycles. The van der Waals surface area contributed by atoms with E-state index in [0.717, 1.165) is 23.1 Å². The minimum atomic E-state index is 0.621. The molecule has 0 aromatic carbocycles. The lowest BCUT2D eigenvalue weighted by atomic mass is 10.2. The average Bonchev–Trinajstić information content (AvgIpc) is 2.72. The summed E-state index contributed by atoms with van der Waals surface area (Å²) >= 11 is 7.53. The molecule has 1 fully saturated rings. The summed E-state index contributed by atoms with van der Waals surface area (Å²) in [6.07, 6.45) is 2.57. The van der Waals surface area contributed by atoms with E-state index in [2.05, 4.69) is 10.6 Å². The third-order valence-electron chi connectivity index (χ3n) is 2.32. The van der Waals surface area contributed by atoms with E-state index < -0.39 is 0 Å². The van der Waals surface area contributed by atoms with E-state index in [1.165, 1.54) is 12.8 Å². The molecule has 0 bridgehead atoms. The van der Waals surface area contributed by atoms with E-state index in [1.54, 1.807) is 11.3 Å². The van der Waals surface area contributed by atoms with Crippen molar-refractivity contribution in [2.24, 2.45) is 0 Å². The van der Waals surface area contributed by atoms with Crippen molar-refractivity contribution >= 4 is 28.6 Å². The van der Waals surface area contributed by atoms with Gasteiger partial charge in [-0.25, -0.2) is 0 Å². The maximum Gasteiger partial charge on any atom is 0.116 e. The molecule has 0 amide bonds. The van der Waals surface area contributed by atoms with Crippen LogP contribution >= 0.6 is 22.9 Å². The summed E-state index contributed by atoms with van der Waals surface area (Å²) < 4.78 is 0.859. The molecule has 0 saturated carbocycles. The molecule has 72 valence electrons. The van der Waals surface area contributed by atoms with Crippen LogP contribution in [-0.4, -0.2) is 19.1 Å². The topological polar surface area (TPSA) is 24.1 Å². The van der Waals surface area contributed by atoms with Gasteiger partial charge < -0.3 is 10.6 Å². The summed E-state index contributed by atoms with van der Waals surface area (Å²) in [5, 5.41) is 8.79. The molecular weight excluding hydrogens is 204 g/mol. The average molecular weight is 217 g/mol. The fraction of sp³-hybridized carbons (Fsp3) is 0.556. The lowest BCUT2D eigenvalue weighted by molar-refractivity contribution is 0.634. The lowest BCUT2D eigenvalue weighted by Gasteiger charge is -2.11. The van der Waals surface area contributed by atoms with Crippen LogP contribution in [0.3, 0.4) is 0 Å². The van der Waals surface area contributed by atoms with E-state index in [0.29, 0.717) is 6.04 Å². The third kappa shape index (κ3) is 2.36. The van der Waals surface area contributed by atoms with Gasteiger partial charge in [-0.3, -0.25) is 0 Å². The lowest BCUT2D eigenvalue weighted by Crippen LogP contribution is -2.29. The van der Waals surface area contributed by atoms with Crippen molar-refractivity contribution < 1.29 is 0 Å². The number of nitrogens with one attached hydrogen (secondary N) is 2. The number of halogens is 1. The summed E-state index contributed by atoms with van der Waals surface area (Å²) in [6.45, 7) is 2.14. The van der Waals surface area contributed by atoms with Gasteiger partial charge in [0, 0.05) is 12.6 Å². The number of rotatable bonds is 3. The Hall–Kier alpha value is -0.250. The van der Waals surface area contributed by atoms with Crippen LogP contribution in [-0.2, 0) is 0 Å². The first-order valence-corrected chi connectivity index (χ1v) is 5.82. The first-order chi connectivity index (χ1) is 6.36. The molecule has 2 rings (SSSR count). The fourth-order valence-electron chi connectivity index (χ4n) is 1.58. The molecule has 0 radical (unpaired) electrons. The van der Waals surface area contributed by atoms with Gasteiger partial charge >= 0.3 is 0 Å². The highest BCUT2D eigenvalue weighted by molar-refractivity contribution is 7.15. The Morgan fingerprint density at radius 1 is 1.69 bits per heavy atom. The van der Waals surface area contributed by atoms with Gasteiger partial charge in [-0.15, -0.1) is 11.3 Å². The molecule has 2 nitrogen and oxygen atoms in total. The van der Waals surface area contributed by atoms with E-state index in [9.17, 15) is 0 Å². The Balaban J connectivity index is 1.82. The Kier molecular flexibility index (Phi) is 3.09. The van der Waals surface area contributed by atoms with Gasteiger partial charge in [0.1, 0.15) is 4.34 Å². The normalized spacial score (nSPS) is 22.1. The van der Waals surface area contributed by atoms with Gasteiger partial charge in [0.2, 0.25) is 0 Å². The summed E-state index contributed by atoms with van der Waals surface area (Å²) in [5.74, 6) is 0. The van der Waals surface area contributed by atoms with Crippen molar-refractivity contribution in [3.8, 4) is 0 Å². The van der Waals surface area contributed by atoms with Gasteiger partial charge in [-0.1, -0.05) is 11.6 Å². The molecule has 1 aromatic rings. The van der Waals surface area contributed by atoms with Crippen molar-refractivity contribution in [1.29, 1.82) is 0 Å². The molecule has 1 aromatic heterocycles. The molecule has 13 heavy (non-hydrogen) atoms. The summed E-state index contributed by atoms with van der Waals surface area (Å²) in [6, 6.07) is 2.65. The zero-order valence-corrected chi connectivity index (χ0v) is 8.92. The molecule has 1 aliphatic rings. The number of anilines is 1. The second-order valence-corrected chi connectivity index (χ2v) is 4.80. The van der Waals surface area contributed by atoms with Crippen LogP contribution in [0, 0.1) is 0 Å². The highest BCUT2D eigenvalue weighted by atomic mass is 35.5. The molecule has 1 saturated heterocycles. The van der Waals surface area contributed by atoms with E-state index in [4.69, 9.17) is 11.6 Å². The van der Waals surface area contributed by atoms with E-state index >= 15 is 0 Å². The molecule has 1 aliphatic heterocycles. The standard InChI is InChI=1S/C9H13ClN2S/c10-9-8(3-5-13-9)12-6-7-2-1-4-11-7/h3,5,7,11-12H,1-2,4,6H2. The van der Waals surface area contributed by atoms with Crippen LogP contribution in [0.25, 0.3) is 0 Å². The molecule has 0 aliphatic carbocycles. The third-order valence-corrected chi connectivity index (χ3v) is 3.49. The second kappa shape index (κ2) is 4.31. The maximum absolute atomic E-state index is 5.96. The van der Waals surface area contributed by atoms with E-state index in [1.807, 2.05) is 11.4 Å². The number of thiophene rings is 1. The van der Waals surface area contributed by atoms with Crippen LogP contribution in [0.5, 0.6) is 0 Å². The second-order valence-electron chi connectivity index (χ2n) is 3.28. The first kappa shape index (κ1) is 9.31. The predicted octanol–water partition coefficient (Wildman–Crippen LogP) is 2.57. The quantitative estimate of drug-likeness (QED) is 0.812. The predicted molar refractivity (Wildman–Crippen MR) is 58.8 cm³/mol. The largest absolute Gasteiger partial charge is 0.382 e. The van der Waals surface area contributed by atoms with Gasteiger partial charge in [0.25, 0.3) is 0 Å². The smallest absolute Gasteiger partial charge is 0.116 e. The van der Waals surface area contributed by atoms with Gasteiger partial charge in [0.05, 0.1) is 5.69 Å². The van der Waals surface area contributed by atoms with Crippen molar-refractivity contribution in [2.75, 3.05) is 18.4 Å². The van der Waals surface area contributed by atoms with Crippen molar-refractivity contribution in [1.82, 2.24) is 5.32 Å². The Morgan fingerprint density at radius 3 is 3.23 bits per heavy atom. The van der Waals surface area contributed by atoms with Gasteiger partial charge in [0.15, 0.2) is 0 Å². The van der Waals surface area contributed by atoms with Crippen LogP contribution in [0.2, 0.25) is 4.34 Å². The zero-order valence-electron chi connectivity index (χ0n) is 7.35. The number of hydrogen-bond acceptors (Lipinski definition) is 3. The van der Waals surface area contributed by atoms with Crippen LogP contribution in [0.4, 0.5) is 5.69 Å². The van der Waals surface area contributed by atoms with Crippen LogP contribution < -0.4 is 10.6 Å². The fourth-order valence-corrected chi connectivity index (χ4v) is 2.46. The summed E-state index contributed by atoms with van der Waals surface area (Å²) in [7, 11) is 0. The summed E-state index contributed by atoms with van der Waals surface area (Å²) in [4.78, 5) is 0. The molecule has 0 spiro atoms. The SMILES string of the molecule is Clc1sccc1NCC1CCCN1. The summed E-state index contributed by atoms with van der Waals surface area (Å²) in [5.41, 5.74) is 1.07. The monoisotopic (exact) mass is 216 g/mol. The Bertz CT molecular complexity index is 268. The van der Waals surface area contributed by atoms with Gasteiger partial charge in [-0.2, -0.15) is 0 Å². The number of hydrogen-bond donors (Lipinski definition) is 2. The zero-order chi connectivity index (χ0) is 9.10. The van der Waals surface area contributed by atoms with Gasteiger partial charge in [-0.05, 0) is 30.8 Å². The Labute approximate surface area is 87.3 Å². The van der Waals surface area contributed by atoms with E-state index in [-0.39, 0.29) is 0 Å². The minimum Gasteiger partial charge on any atom is -0.382 e. The van der Waals surface area contributed by atoms with Crippen molar-refractivity contribution in [2.45, 2.75) is 18.9 Å². The molecular formula is C9H13ClN2S. The van der Waals surface area contributed by atoms with Crippen molar-refractivity contribution in [3.05, 3.63) is 15.8 Å². The maximum atomic E-state index is 5.96. The molecule has 4 heteroatoms. The first-order valence-electron chi connectivity index (χ1n) is 4.56. The van der Waals surface area contributed by atoms with Crippen LogP contribution in [0.15, 0.2) is 11.4 Å². The minimum absolute atomic E-state index is 0.621.